The molecule has 0 atom stereocenters. The molecular weight excluding hydrogens is 481 g/mol. The Balaban J connectivity index is 1.76. The van der Waals surface area contributed by atoms with Crippen molar-refractivity contribution >= 4 is 27.8 Å². The van der Waals surface area contributed by atoms with Crippen LogP contribution in [-0.4, -0.2) is 79.8 Å². The molecule has 1 aromatic rings. The van der Waals surface area contributed by atoms with Gasteiger partial charge in [-0.25, -0.2) is 12.8 Å². The van der Waals surface area contributed by atoms with Crippen LogP contribution in [0.5, 0.6) is 0 Å². The predicted molar refractivity (Wildman–Crippen MR) is 143 cm³/mol. The van der Waals surface area contributed by atoms with Gasteiger partial charge in [0.25, 0.3) is 0 Å². The number of anilines is 1. The highest BCUT2D eigenvalue weighted by Gasteiger charge is 2.56. The van der Waals surface area contributed by atoms with Gasteiger partial charge in [-0.05, 0) is 64.8 Å². The van der Waals surface area contributed by atoms with Crippen molar-refractivity contribution in [2.45, 2.75) is 70.7 Å². The van der Waals surface area contributed by atoms with Crippen molar-refractivity contribution in [3.8, 4) is 0 Å². The molecule has 3 rings (SSSR count). The van der Waals surface area contributed by atoms with Gasteiger partial charge in [0.1, 0.15) is 11.4 Å². The first-order chi connectivity index (χ1) is 16.9. The van der Waals surface area contributed by atoms with Crippen LogP contribution in [-0.2, 0) is 19.6 Å². The molecule has 0 radical (unpaired) electrons. The third-order valence-corrected chi connectivity index (χ3v) is 9.66. The molecule has 36 heavy (non-hydrogen) atoms. The second-order valence-electron chi connectivity index (χ2n) is 10.7. The minimum atomic E-state index is -3.96. The first kappa shape index (κ1) is 28.6. The molecule has 9 heteroatoms. The summed E-state index contributed by atoms with van der Waals surface area (Å²) in [6.07, 6.45) is 6.11. The fraction of sp³-hybridized carbons (Fsp3) is 0.667. The smallest absolute Gasteiger partial charge is 0.329 e. The Morgan fingerprint density at radius 1 is 1.08 bits per heavy atom. The monoisotopic (exact) mass is 523 g/mol. The Labute approximate surface area is 216 Å². The summed E-state index contributed by atoms with van der Waals surface area (Å²) >= 11 is 0. The van der Waals surface area contributed by atoms with Gasteiger partial charge in [0, 0.05) is 50.5 Å². The van der Waals surface area contributed by atoms with Crippen LogP contribution in [0, 0.1) is 5.82 Å². The maximum atomic E-state index is 14.6. The van der Waals surface area contributed by atoms with Crippen molar-refractivity contribution < 1.29 is 22.3 Å². The second kappa shape index (κ2) is 11.6. The molecule has 2 fully saturated rings. The molecule has 0 N–H and O–H groups in total. The number of halogens is 1. The van der Waals surface area contributed by atoms with Gasteiger partial charge in [0.05, 0.1) is 0 Å². The van der Waals surface area contributed by atoms with Gasteiger partial charge in [0.2, 0.25) is 10.0 Å². The Bertz CT molecular complexity index is 1040. The van der Waals surface area contributed by atoms with E-state index in [1.54, 1.807) is 32.9 Å². The molecule has 1 aromatic carbocycles. The fourth-order valence-corrected chi connectivity index (χ4v) is 6.92. The zero-order chi connectivity index (χ0) is 26.6. The quantitative estimate of drug-likeness (QED) is 0.474. The van der Waals surface area contributed by atoms with Crippen LogP contribution in [0.2, 0.25) is 0 Å². The van der Waals surface area contributed by atoms with Crippen molar-refractivity contribution in [1.29, 1.82) is 0 Å². The van der Waals surface area contributed by atoms with Crippen LogP contribution >= 0.6 is 0 Å². The van der Waals surface area contributed by atoms with Gasteiger partial charge in [-0.3, -0.25) is 4.79 Å². The van der Waals surface area contributed by atoms with Gasteiger partial charge < -0.3 is 14.5 Å². The summed E-state index contributed by atoms with van der Waals surface area (Å²) in [7, 11) is -3.96. The molecular formula is C27H42FN3O4S. The maximum absolute atomic E-state index is 14.6. The van der Waals surface area contributed by atoms with Gasteiger partial charge in [-0.2, -0.15) is 4.31 Å². The van der Waals surface area contributed by atoms with Gasteiger partial charge in [-0.1, -0.05) is 32.4 Å². The SMILES string of the molecule is CCC/C=C/c1ccc(N2CCN(S(=O)(=O)C3(C(=O)OC(C)(C)C)CCN(CC)CC3)CC2)cc1F. The Morgan fingerprint density at radius 2 is 1.72 bits per heavy atom. The number of sulfonamides is 1. The van der Waals surface area contributed by atoms with E-state index in [0.717, 1.165) is 25.1 Å². The molecule has 7 nitrogen and oxygen atoms in total. The minimum Gasteiger partial charge on any atom is -0.459 e. The summed E-state index contributed by atoms with van der Waals surface area (Å²) in [6, 6.07) is 5.15. The average molecular weight is 524 g/mol. The van der Waals surface area contributed by atoms with E-state index in [9.17, 15) is 17.6 Å². The zero-order valence-corrected chi connectivity index (χ0v) is 23.2. The highest BCUT2D eigenvalue weighted by atomic mass is 32.2. The van der Waals surface area contributed by atoms with Crippen molar-refractivity contribution in [3.05, 3.63) is 35.7 Å². The van der Waals surface area contributed by atoms with Gasteiger partial charge in [0.15, 0.2) is 4.75 Å². The average Bonchev–Trinajstić information content (AvgIpc) is 2.84. The lowest BCUT2D eigenvalue weighted by molar-refractivity contribution is -0.159. The van der Waals surface area contributed by atoms with E-state index >= 15 is 0 Å². The van der Waals surface area contributed by atoms with E-state index < -0.39 is 26.3 Å². The molecule has 202 valence electrons. The normalized spacial score (nSPS) is 20.1. The highest BCUT2D eigenvalue weighted by Crippen LogP contribution is 2.36. The van der Waals surface area contributed by atoms with Crippen LogP contribution < -0.4 is 4.90 Å². The lowest BCUT2D eigenvalue weighted by Crippen LogP contribution is -2.62. The first-order valence-electron chi connectivity index (χ1n) is 13.1. The summed E-state index contributed by atoms with van der Waals surface area (Å²) in [6.45, 7) is 12.6. The number of nitrogens with zero attached hydrogens (tertiary/aromatic N) is 3. The van der Waals surface area contributed by atoms with Crippen LogP contribution in [0.15, 0.2) is 24.3 Å². The lowest BCUT2D eigenvalue weighted by atomic mass is 9.95. The Morgan fingerprint density at radius 3 is 2.25 bits per heavy atom. The topological polar surface area (TPSA) is 70.2 Å². The Hall–Kier alpha value is -1.97. The van der Waals surface area contributed by atoms with Crippen LogP contribution in [0.4, 0.5) is 10.1 Å². The number of carbonyl (C=O) groups is 1. The standard InChI is InChI=1S/C27H42FN3O4S/c1-6-8-9-10-22-11-12-23(21-24(22)28)30-17-19-31(20-18-30)36(33,34)27(25(32)35-26(3,4)5)13-15-29(7-2)16-14-27/h9-12,21H,6-8,13-20H2,1-5H3/b10-9+. The third-order valence-electron chi connectivity index (χ3n) is 7.06. The van der Waals surface area contributed by atoms with Crippen LogP contribution in [0.3, 0.4) is 0 Å². The van der Waals surface area contributed by atoms with Gasteiger partial charge in [-0.15, -0.1) is 0 Å². The number of allylic oxidation sites excluding steroid dienone is 1. The largest absolute Gasteiger partial charge is 0.459 e. The van der Waals surface area contributed by atoms with E-state index in [1.165, 1.54) is 10.4 Å². The number of piperidine rings is 1. The summed E-state index contributed by atoms with van der Waals surface area (Å²) < 4.78 is 48.1. The fourth-order valence-electron chi connectivity index (χ4n) is 4.83. The van der Waals surface area contributed by atoms with Crippen molar-refractivity contribution in [1.82, 2.24) is 9.21 Å². The molecule has 2 aliphatic rings. The number of carbonyl (C=O) groups excluding carboxylic acids is 1. The molecule has 2 heterocycles. The highest BCUT2D eigenvalue weighted by molar-refractivity contribution is 7.91. The molecule has 2 aliphatic heterocycles. The number of likely N-dealkylation sites (tertiary alicyclic amines) is 1. The number of hydrogen-bond donors (Lipinski definition) is 0. The molecule has 0 amide bonds. The number of benzene rings is 1. The zero-order valence-electron chi connectivity index (χ0n) is 22.4. The molecule has 0 saturated carbocycles. The van der Waals surface area contributed by atoms with E-state index in [2.05, 4.69) is 11.8 Å². The summed E-state index contributed by atoms with van der Waals surface area (Å²) in [4.78, 5) is 17.5. The molecule has 0 bridgehead atoms. The number of rotatable bonds is 8. The molecule has 0 aromatic heterocycles. The third kappa shape index (κ3) is 6.29. The molecule has 0 unspecified atom stereocenters. The summed E-state index contributed by atoms with van der Waals surface area (Å²) in [5, 5.41) is 0. The first-order valence-corrected chi connectivity index (χ1v) is 14.5. The number of piperazine rings is 1. The second-order valence-corrected chi connectivity index (χ2v) is 13.0. The van der Waals surface area contributed by atoms with Gasteiger partial charge >= 0.3 is 5.97 Å². The molecule has 2 saturated heterocycles. The van der Waals surface area contributed by atoms with E-state index in [1.807, 2.05) is 24.0 Å². The minimum absolute atomic E-state index is 0.219. The number of esters is 1. The van der Waals surface area contributed by atoms with E-state index in [0.29, 0.717) is 31.7 Å². The lowest BCUT2D eigenvalue weighted by Gasteiger charge is -2.44. The van der Waals surface area contributed by atoms with Crippen molar-refractivity contribution in [3.63, 3.8) is 0 Å². The predicted octanol–water partition coefficient (Wildman–Crippen LogP) is 4.29. The maximum Gasteiger partial charge on any atom is 0.329 e. The number of ether oxygens (including phenoxy) is 1. The van der Waals surface area contributed by atoms with E-state index in [-0.39, 0.29) is 31.7 Å². The molecule has 0 aliphatic carbocycles. The van der Waals surface area contributed by atoms with Crippen molar-refractivity contribution in [2.24, 2.45) is 0 Å². The molecule has 0 spiro atoms. The number of unbranched alkanes of at least 4 members (excludes halogenated alkanes) is 1. The summed E-state index contributed by atoms with van der Waals surface area (Å²) in [5.74, 6) is -0.941. The van der Waals surface area contributed by atoms with Crippen molar-refractivity contribution in [2.75, 3.05) is 50.7 Å². The number of hydrogen-bond acceptors (Lipinski definition) is 6. The van der Waals surface area contributed by atoms with Crippen LogP contribution in [0.25, 0.3) is 6.08 Å². The summed E-state index contributed by atoms with van der Waals surface area (Å²) in [5.41, 5.74) is 0.503. The Kier molecular flexibility index (Phi) is 9.22. The van der Waals surface area contributed by atoms with E-state index in [4.69, 9.17) is 4.74 Å². The van der Waals surface area contributed by atoms with Crippen LogP contribution in [0.1, 0.15) is 65.9 Å².